The minimum absolute atomic E-state index is 0.515. The van der Waals surface area contributed by atoms with Crippen LogP contribution in [0, 0.1) is 17.8 Å². The molecule has 1 N–H and O–H groups in total. The molecule has 0 amide bonds. The molecule has 4 heteroatoms. The lowest BCUT2D eigenvalue weighted by atomic mass is 10.3. The van der Waals surface area contributed by atoms with Crippen molar-refractivity contribution in [1.82, 2.24) is 9.97 Å². The number of hydrogen-bond donors (Lipinski definition) is 1. The zero-order valence-electron chi connectivity index (χ0n) is 7.59. The molecule has 15 heavy (non-hydrogen) atoms. The Bertz CT molecular complexity index is 520. The van der Waals surface area contributed by atoms with Crippen LogP contribution in [-0.2, 0) is 0 Å². The molecule has 0 aliphatic carbocycles. The van der Waals surface area contributed by atoms with Crippen molar-refractivity contribution in [2.75, 3.05) is 0 Å². The zero-order chi connectivity index (χ0) is 10.7. The molecule has 2 aromatic heterocycles. The van der Waals surface area contributed by atoms with Gasteiger partial charge in [-0.3, -0.25) is 0 Å². The van der Waals surface area contributed by atoms with Gasteiger partial charge in [0, 0.05) is 18.0 Å². The third kappa shape index (κ3) is 2.36. The Morgan fingerprint density at radius 3 is 2.73 bits per heavy atom. The van der Waals surface area contributed by atoms with Crippen molar-refractivity contribution in [3.8, 4) is 11.8 Å². The summed E-state index contributed by atoms with van der Waals surface area (Å²) in [6.07, 6.45) is 3.08. The average Bonchev–Trinajstić information content (AvgIpc) is 2.63. The second kappa shape index (κ2) is 4.16. The first-order valence-electron chi connectivity index (χ1n) is 4.22. The first-order chi connectivity index (χ1) is 7.25. The van der Waals surface area contributed by atoms with E-state index in [9.17, 15) is 4.39 Å². The SMILES string of the molecule is Fc1ccc(C#Cc2[nH]ccc2Cl)cn1. The Morgan fingerprint density at radius 1 is 1.27 bits per heavy atom. The largest absolute Gasteiger partial charge is 0.354 e. The van der Waals surface area contributed by atoms with E-state index in [1.807, 2.05) is 0 Å². The summed E-state index contributed by atoms with van der Waals surface area (Å²) in [6, 6.07) is 4.54. The van der Waals surface area contributed by atoms with Crippen LogP contribution >= 0.6 is 11.6 Å². The Morgan fingerprint density at radius 2 is 2.13 bits per heavy atom. The highest BCUT2D eigenvalue weighted by molar-refractivity contribution is 6.31. The summed E-state index contributed by atoms with van der Waals surface area (Å²) < 4.78 is 12.5. The van der Waals surface area contributed by atoms with Crippen LogP contribution in [-0.4, -0.2) is 9.97 Å². The highest BCUT2D eigenvalue weighted by Gasteiger charge is 1.95. The first-order valence-corrected chi connectivity index (χ1v) is 4.60. The number of H-pyrrole nitrogens is 1. The number of halogens is 2. The van der Waals surface area contributed by atoms with Crippen LogP contribution in [0.1, 0.15) is 11.3 Å². The van der Waals surface area contributed by atoms with Crippen molar-refractivity contribution < 1.29 is 4.39 Å². The van der Waals surface area contributed by atoms with Crippen LogP contribution < -0.4 is 0 Å². The Balaban J connectivity index is 2.26. The molecule has 2 nitrogen and oxygen atoms in total. The van der Waals surface area contributed by atoms with Crippen LogP contribution in [0.2, 0.25) is 5.02 Å². The molecule has 2 heterocycles. The van der Waals surface area contributed by atoms with Gasteiger partial charge in [-0.25, -0.2) is 4.98 Å². The van der Waals surface area contributed by atoms with Crippen molar-refractivity contribution in [2.24, 2.45) is 0 Å². The number of aromatic nitrogens is 2. The van der Waals surface area contributed by atoms with E-state index in [0.717, 1.165) is 0 Å². The quantitative estimate of drug-likeness (QED) is 0.537. The molecule has 0 aliphatic rings. The molecule has 0 atom stereocenters. The van der Waals surface area contributed by atoms with E-state index < -0.39 is 5.95 Å². The summed E-state index contributed by atoms with van der Waals surface area (Å²) in [5.74, 6) is 5.13. The van der Waals surface area contributed by atoms with Crippen molar-refractivity contribution in [1.29, 1.82) is 0 Å². The minimum atomic E-state index is -0.515. The van der Waals surface area contributed by atoms with Crippen LogP contribution in [0.15, 0.2) is 30.6 Å². The molecule has 0 aliphatic heterocycles. The lowest BCUT2D eigenvalue weighted by Crippen LogP contribution is -1.82. The third-order valence-electron chi connectivity index (χ3n) is 1.76. The van der Waals surface area contributed by atoms with E-state index in [1.54, 1.807) is 18.3 Å². The maximum Gasteiger partial charge on any atom is 0.212 e. The Labute approximate surface area is 91.1 Å². The molecule has 0 saturated heterocycles. The molecule has 0 radical (unpaired) electrons. The van der Waals surface area contributed by atoms with Gasteiger partial charge in [-0.05, 0) is 24.1 Å². The fourth-order valence-corrected chi connectivity index (χ4v) is 1.20. The monoisotopic (exact) mass is 220 g/mol. The summed E-state index contributed by atoms with van der Waals surface area (Å²) in [7, 11) is 0. The smallest absolute Gasteiger partial charge is 0.212 e. The molecule has 0 unspecified atom stereocenters. The van der Waals surface area contributed by atoms with Gasteiger partial charge in [0.2, 0.25) is 5.95 Å². The van der Waals surface area contributed by atoms with Gasteiger partial charge < -0.3 is 4.98 Å². The van der Waals surface area contributed by atoms with Gasteiger partial charge in [0.1, 0.15) is 5.69 Å². The molecule has 0 fully saturated rings. The molecular weight excluding hydrogens is 215 g/mol. The van der Waals surface area contributed by atoms with Gasteiger partial charge in [0.15, 0.2) is 0 Å². The van der Waals surface area contributed by atoms with E-state index in [4.69, 9.17) is 11.6 Å². The zero-order valence-corrected chi connectivity index (χ0v) is 8.35. The van der Waals surface area contributed by atoms with Crippen LogP contribution in [0.25, 0.3) is 0 Å². The average molecular weight is 221 g/mol. The first kappa shape index (κ1) is 9.75. The van der Waals surface area contributed by atoms with Crippen LogP contribution in [0.3, 0.4) is 0 Å². The molecule has 0 bridgehead atoms. The number of aromatic amines is 1. The Hall–Kier alpha value is -1.79. The molecular formula is C11H6ClFN2. The number of nitrogens with zero attached hydrogens (tertiary/aromatic N) is 1. The number of rotatable bonds is 0. The molecule has 0 aromatic carbocycles. The predicted molar refractivity (Wildman–Crippen MR) is 56.0 cm³/mol. The van der Waals surface area contributed by atoms with E-state index in [-0.39, 0.29) is 0 Å². The summed E-state index contributed by atoms with van der Waals surface area (Å²) in [6.45, 7) is 0. The van der Waals surface area contributed by atoms with Gasteiger partial charge in [-0.15, -0.1) is 0 Å². The maximum atomic E-state index is 12.5. The molecule has 2 rings (SSSR count). The summed E-state index contributed by atoms with van der Waals surface area (Å²) in [4.78, 5) is 6.38. The van der Waals surface area contributed by atoms with E-state index in [2.05, 4.69) is 21.8 Å². The van der Waals surface area contributed by atoms with Crippen molar-refractivity contribution in [2.45, 2.75) is 0 Å². The molecule has 2 aromatic rings. The lowest BCUT2D eigenvalue weighted by molar-refractivity contribution is 0.583. The lowest BCUT2D eigenvalue weighted by Gasteiger charge is -1.88. The van der Waals surface area contributed by atoms with Gasteiger partial charge in [-0.1, -0.05) is 17.5 Å². The summed E-state index contributed by atoms with van der Waals surface area (Å²) in [5.41, 5.74) is 1.28. The van der Waals surface area contributed by atoms with Gasteiger partial charge in [-0.2, -0.15) is 4.39 Å². The van der Waals surface area contributed by atoms with Crippen LogP contribution in [0.4, 0.5) is 4.39 Å². The van der Waals surface area contributed by atoms with Crippen molar-refractivity contribution in [3.05, 3.63) is 52.8 Å². The number of hydrogen-bond acceptors (Lipinski definition) is 1. The van der Waals surface area contributed by atoms with Gasteiger partial charge >= 0.3 is 0 Å². The van der Waals surface area contributed by atoms with Gasteiger partial charge in [0.05, 0.1) is 5.02 Å². The topological polar surface area (TPSA) is 28.7 Å². The highest BCUT2D eigenvalue weighted by Crippen LogP contribution is 2.11. The third-order valence-corrected chi connectivity index (χ3v) is 2.07. The van der Waals surface area contributed by atoms with E-state index >= 15 is 0 Å². The van der Waals surface area contributed by atoms with Crippen molar-refractivity contribution >= 4 is 11.6 Å². The Kier molecular flexibility index (Phi) is 2.70. The predicted octanol–water partition coefficient (Wildman–Crippen LogP) is 2.60. The van der Waals surface area contributed by atoms with Gasteiger partial charge in [0.25, 0.3) is 0 Å². The highest BCUT2D eigenvalue weighted by atomic mass is 35.5. The standard InChI is InChI=1S/C11H6ClFN2/c12-9-5-6-14-10(9)3-1-8-2-4-11(13)15-7-8/h2,4-7,14H. The molecule has 74 valence electrons. The van der Waals surface area contributed by atoms with Crippen LogP contribution in [0.5, 0.6) is 0 Å². The number of pyridine rings is 1. The molecule has 0 saturated carbocycles. The number of nitrogens with one attached hydrogen (secondary N) is 1. The normalized spacial score (nSPS) is 9.47. The van der Waals surface area contributed by atoms with E-state index in [0.29, 0.717) is 16.3 Å². The second-order valence-corrected chi connectivity index (χ2v) is 3.23. The maximum absolute atomic E-state index is 12.5. The minimum Gasteiger partial charge on any atom is -0.354 e. The molecule has 0 spiro atoms. The summed E-state index contributed by atoms with van der Waals surface area (Å²) >= 11 is 5.82. The summed E-state index contributed by atoms with van der Waals surface area (Å²) in [5, 5.41) is 0.567. The fraction of sp³-hybridized carbons (Fsp3) is 0. The van der Waals surface area contributed by atoms with E-state index in [1.165, 1.54) is 12.3 Å². The fourth-order valence-electron chi connectivity index (χ4n) is 1.03. The second-order valence-electron chi connectivity index (χ2n) is 2.82. The van der Waals surface area contributed by atoms with Crippen molar-refractivity contribution in [3.63, 3.8) is 0 Å².